The molecule has 2 aromatic carbocycles. The van der Waals surface area contributed by atoms with Gasteiger partial charge in [0.05, 0.1) is 6.04 Å². The molecule has 0 spiro atoms. The van der Waals surface area contributed by atoms with Crippen molar-refractivity contribution in [3.05, 3.63) is 99.2 Å². The number of carbonyl (C=O) groups excluding carboxylic acids is 2. The molecule has 176 valence electrons. The summed E-state index contributed by atoms with van der Waals surface area (Å²) in [5, 5.41) is 2.54. The molecule has 2 heterocycles. The average Bonchev–Trinajstić information content (AvgIpc) is 3.32. The van der Waals surface area contributed by atoms with Crippen molar-refractivity contribution in [2.24, 2.45) is 0 Å². The van der Waals surface area contributed by atoms with Gasteiger partial charge in [-0.3, -0.25) is 9.59 Å². The number of rotatable bonds is 8. The van der Waals surface area contributed by atoms with E-state index in [9.17, 15) is 9.59 Å². The lowest BCUT2D eigenvalue weighted by Gasteiger charge is -2.37. The summed E-state index contributed by atoms with van der Waals surface area (Å²) in [5.74, 6) is 0.396. The summed E-state index contributed by atoms with van der Waals surface area (Å²) >= 11 is 7.78. The van der Waals surface area contributed by atoms with Gasteiger partial charge in [0.1, 0.15) is 18.9 Å². The molecule has 0 N–H and O–H groups in total. The van der Waals surface area contributed by atoms with E-state index in [2.05, 4.69) is 18.0 Å². The number of aryl methyl sites for hydroxylation is 1. The summed E-state index contributed by atoms with van der Waals surface area (Å²) in [4.78, 5) is 31.2. The lowest BCUT2D eigenvalue weighted by molar-refractivity contribution is -0.135. The van der Waals surface area contributed by atoms with Gasteiger partial charge in [0, 0.05) is 28.6 Å². The van der Waals surface area contributed by atoms with Crippen LogP contribution in [0.1, 0.15) is 32.4 Å². The van der Waals surface area contributed by atoms with Gasteiger partial charge < -0.3 is 14.5 Å². The Hall–Kier alpha value is -3.09. The average molecular weight is 495 g/mol. The summed E-state index contributed by atoms with van der Waals surface area (Å²) in [5.41, 5.74) is 2.72. The van der Waals surface area contributed by atoms with Gasteiger partial charge >= 0.3 is 0 Å². The molecular formula is C27H27ClN2O3S. The molecule has 0 bridgehead atoms. The molecule has 1 aliphatic heterocycles. The molecule has 0 aliphatic carbocycles. The molecule has 0 radical (unpaired) electrons. The third-order valence-corrected chi connectivity index (χ3v) is 7.11. The lowest BCUT2D eigenvalue weighted by Crippen LogP contribution is -2.47. The number of fused-ring (bicyclic) bond motifs is 1. The Morgan fingerprint density at radius 3 is 2.76 bits per heavy atom. The number of carbonyl (C=O) groups is 2. The number of amides is 2. The molecule has 7 heteroatoms. The predicted molar refractivity (Wildman–Crippen MR) is 137 cm³/mol. The van der Waals surface area contributed by atoms with Crippen molar-refractivity contribution in [2.75, 3.05) is 26.2 Å². The highest BCUT2D eigenvalue weighted by molar-refractivity contribution is 7.10. The van der Waals surface area contributed by atoms with Crippen LogP contribution in [-0.4, -0.2) is 47.9 Å². The lowest BCUT2D eigenvalue weighted by atomic mass is 10.0. The zero-order chi connectivity index (χ0) is 24.1. The highest BCUT2D eigenvalue weighted by Crippen LogP contribution is 2.34. The van der Waals surface area contributed by atoms with Gasteiger partial charge in [-0.15, -0.1) is 17.9 Å². The number of hydrogen-bond acceptors (Lipinski definition) is 4. The molecule has 1 aliphatic rings. The first-order chi connectivity index (χ1) is 16.5. The highest BCUT2D eigenvalue weighted by Gasteiger charge is 2.33. The van der Waals surface area contributed by atoms with Gasteiger partial charge in [-0.2, -0.15) is 0 Å². The minimum Gasteiger partial charge on any atom is -0.491 e. The van der Waals surface area contributed by atoms with Crippen LogP contribution in [0.25, 0.3) is 0 Å². The van der Waals surface area contributed by atoms with Crippen molar-refractivity contribution in [3.63, 3.8) is 0 Å². The fraction of sp³-hybridized carbons (Fsp3) is 0.259. The maximum atomic E-state index is 13.5. The molecule has 1 aromatic heterocycles. The summed E-state index contributed by atoms with van der Waals surface area (Å²) < 4.78 is 6.09. The third-order valence-electron chi connectivity index (χ3n) is 5.88. The Bertz CT molecular complexity index is 1170. The van der Waals surface area contributed by atoms with Gasteiger partial charge in [-0.1, -0.05) is 41.4 Å². The zero-order valence-electron chi connectivity index (χ0n) is 19.1. The molecule has 4 rings (SSSR count). The van der Waals surface area contributed by atoms with E-state index in [1.165, 1.54) is 9.78 Å². The SMILES string of the molecule is C=CCN(CC(=O)N1CCc2sccc2C1COc1ccc(C)cc1)C(=O)c1cccc(Cl)c1. The maximum Gasteiger partial charge on any atom is 0.254 e. The first kappa shape index (κ1) is 24.0. The topological polar surface area (TPSA) is 49.9 Å². The quantitative estimate of drug-likeness (QED) is 0.386. The molecular weight excluding hydrogens is 468 g/mol. The summed E-state index contributed by atoms with van der Waals surface area (Å²) in [6.07, 6.45) is 2.42. The fourth-order valence-electron chi connectivity index (χ4n) is 4.12. The Morgan fingerprint density at radius 2 is 2.03 bits per heavy atom. The molecule has 1 atom stereocenters. The van der Waals surface area contributed by atoms with Gasteiger partial charge in [0.15, 0.2) is 0 Å². The second-order valence-corrected chi connectivity index (χ2v) is 9.70. The minimum absolute atomic E-state index is 0.0438. The van der Waals surface area contributed by atoms with Crippen molar-refractivity contribution < 1.29 is 14.3 Å². The monoisotopic (exact) mass is 494 g/mol. The Kier molecular flexibility index (Phi) is 7.70. The molecule has 1 unspecified atom stereocenters. The van der Waals surface area contributed by atoms with Crippen LogP contribution in [0.15, 0.2) is 72.6 Å². The second-order valence-electron chi connectivity index (χ2n) is 8.26. The molecule has 2 amide bonds. The largest absolute Gasteiger partial charge is 0.491 e. The smallest absolute Gasteiger partial charge is 0.254 e. The van der Waals surface area contributed by atoms with Crippen LogP contribution in [0.3, 0.4) is 0 Å². The third kappa shape index (κ3) is 5.51. The van der Waals surface area contributed by atoms with E-state index in [0.717, 1.165) is 23.3 Å². The van der Waals surface area contributed by atoms with E-state index in [1.807, 2.05) is 36.1 Å². The van der Waals surface area contributed by atoms with Crippen molar-refractivity contribution in [3.8, 4) is 5.75 Å². The number of ether oxygens (including phenoxy) is 1. The number of nitrogens with zero attached hydrogens (tertiary/aromatic N) is 2. The van der Waals surface area contributed by atoms with Gasteiger partial charge in [0.2, 0.25) is 5.91 Å². The van der Waals surface area contributed by atoms with E-state index < -0.39 is 0 Å². The van der Waals surface area contributed by atoms with Crippen LogP contribution in [0.5, 0.6) is 5.75 Å². The van der Waals surface area contributed by atoms with Crippen molar-refractivity contribution in [1.29, 1.82) is 0 Å². The van der Waals surface area contributed by atoms with Gasteiger partial charge in [0.25, 0.3) is 5.91 Å². The number of thiophene rings is 1. The predicted octanol–water partition coefficient (Wildman–Crippen LogP) is 5.54. The number of hydrogen-bond donors (Lipinski definition) is 0. The fourth-order valence-corrected chi connectivity index (χ4v) is 5.24. The number of benzene rings is 2. The van der Waals surface area contributed by atoms with Crippen molar-refractivity contribution in [2.45, 2.75) is 19.4 Å². The zero-order valence-corrected chi connectivity index (χ0v) is 20.6. The van der Waals surface area contributed by atoms with Crippen LogP contribution >= 0.6 is 22.9 Å². The van der Waals surface area contributed by atoms with Crippen LogP contribution in [0.2, 0.25) is 5.02 Å². The van der Waals surface area contributed by atoms with Crippen molar-refractivity contribution >= 4 is 34.8 Å². The minimum atomic E-state index is -0.253. The second kappa shape index (κ2) is 10.9. The number of halogens is 1. The molecule has 0 fully saturated rings. The van der Waals surface area contributed by atoms with E-state index in [4.69, 9.17) is 16.3 Å². The first-order valence-electron chi connectivity index (χ1n) is 11.2. The molecule has 0 saturated carbocycles. The standard InChI is InChI=1S/C27H27ClN2O3S/c1-3-13-29(27(32)20-5-4-6-21(28)16-20)17-26(31)30-14-11-25-23(12-15-34-25)24(30)18-33-22-9-7-19(2)8-10-22/h3-10,12,15-16,24H,1,11,13-14,17-18H2,2H3. The Balaban J connectivity index is 1.52. The summed E-state index contributed by atoms with van der Waals surface area (Å²) in [7, 11) is 0. The van der Waals surface area contributed by atoms with Crippen LogP contribution < -0.4 is 4.74 Å². The van der Waals surface area contributed by atoms with E-state index in [0.29, 0.717) is 23.7 Å². The molecule has 0 saturated heterocycles. The van der Waals surface area contributed by atoms with Crippen molar-refractivity contribution in [1.82, 2.24) is 9.80 Å². The summed E-state index contributed by atoms with van der Waals surface area (Å²) in [6, 6.07) is 16.5. The van der Waals surface area contributed by atoms with E-state index >= 15 is 0 Å². The van der Waals surface area contributed by atoms with E-state index in [1.54, 1.807) is 41.7 Å². The highest BCUT2D eigenvalue weighted by atomic mass is 35.5. The van der Waals surface area contributed by atoms with E-state index in [-0.39, 0.29) is 30.9 Å². The first-order valence-corrected chi connectivity index (χ1v) is 12.4. The molecule has 5 nitrogen and oxygen atoms in total. The normalized spacial score (nSPS) is 14.9. The molecule has 34 heavy (non-hydrogen) atoms. The van der Waals surface area contributed by atoms with Gasteiger partial charge in [-0.05, 0) is 60.7 Å². The molecule has 3 aromatic rings. The Labute approximate surface area is 209 Å². The summed E-state index contributed by atoms with van der Waals surface area (Å²) in [6.45, 7) is 6.94. The Morgan fingerprint density at radius 1 is 1.24 bits per heavy atom. The van der Waals surface area contributed by atoms with Crippen LogP contribution in [0, 0.1) is 6.92 Å². The van der Waals surface area contributed by atoms with Gasteiger partial charge in [-0.25, -0.2) is 0 Å². The van der Waals surface area contributed by atoms with Crippen LogP contribution in [0.4, 0.5) is 0 Å². The maximum absolute atomic E-state index is 13.5. The van der Waals surface area contributed by atoms with Crippen LogP contribution in [-0.2, 0) is 11.2 Å².